The summed E-state index contributed by atoms with van der Waals surface area (Å²) in [5.74, 6) is 0. The third-order valence-electron chi connectivity index (χ3n) is 4.30. The Hall–Kier alpha value is -0.280. The van der Waals surface area contributed by atoms with Crippen LogP contribution < -0.4 is 5.73 Å². The Balaban J connectivity index is 1.94. The maximum atomic E-state index is 6.30. The van der Waals surface area contributed by atoms with Crippen molar-refractivity contribution < 1.29 is 0 Å². The summed E-state index contributed by atoms with van der Waals surface area (Å²) in [6.45, 7) is 4.55. The zero-order chi connectivity index (χ0) is 14.5. The summed E-state index contributed by atoms with van der Waals surface area (Å²) < 4.78 is 0. The number of nitrogens with zero attached hydrogens (tertiary/aromatic N) is 1. The highest BCUT2D eigenvalue weighted by atomic mass is 35.5. The standard InChI is InChI=1S/C16H24Cl2N2/c1-12-6-3-2-4-10-20(12)11-9-15(19)13-7-5-8-14(17)16(13)18/h5,7-8,12,15H,2-4,6,9-11,19H2,1H3. The van der Waals surface area contributed by atoms with Crippen molar-refractivity contribution in [3.63, 3.8) is 0 Å². The van der Waals surface area contributed by atoms with Crippen LogP contribution in [0, 0.1) is 0 Å². The number of benzene rings is 1. The molecule has 0 spiro atoms. The third-order valence-corrected chi connectivity index (χ3v) is 5.13. The second-order valence-corrected chi connectivity index (χ2v) is 6.56. The lowest BCUT2D eigenvalue weighted by molar-refractivity contribution is 0.206. The van der Waals surface area contributed by atoms with E-state index in [0.717, 1.165) is 18.5 Å². The molecule has 1 aromatic carbocycles. The van der Waals surface area contributed by atoms with E-state index in [9.17, 15) is 0 Å². The predicted octanol–water partition coefficient (Wildman–Crippen LogP) is 4.65. The molecule has 1 aliphatic heterocycles. The van der Waals surface area contributed by atoms with Gasteiger partial charge in [-0.15, -0.1) is 0 Å². The average Bonchev–Trinajstić information content (AvgIpc) is 2.64. The van der Waals surface area contributed by atoms with Crippen LogP contribution in [0.3, 0.4) is 0 Å². The van der Waals surface area contributed by atoms with E-state index in [4.69, 9.17) is 28.9 Å². The maximum absolute atomic E-state index is 6.30. The van der Waals surface area contributed by atoms with Crippen molar-refractivity contribution in [1.82, 2.24) is 4.90 Å². The zero-order valence-corrected chi connectivity index (χ0v) is 13.6. The van der Waals surface area contributed by atoms with Crippen LogP contribution in [0.15, 0.2) is 18.2 Å². The van der Waals surface area contributed by atoms with Gasteiger partial charge in [-0.3, -0.25) is 0 Å². The van der Waals surface area contributed by atoms with Gasteiger partial charge in [-0.2, -0.15) is 0 Å². The van der Waals surface area contributed by atoms with E-state index in [1.807, 2.05) is 12.1 Å². The topological polar surface area (TPSA) is 29.3 Å². The Labute approximate surface area is 132 Å². The number of nitrogens with two attached hydrogens (primary N) is 1. The fourth-order valence-electron chi connectivity index (χ4n) is 2.93. The van der Waals surface area contributed by atoms with Crippen LogP contribution in [0.2, 0.25) is 10.0 Å². The number of hydrogen-bond acceptors (Lipinski definition) is 2. The SMILES string of the molecule is CC1CCCCCN1CCC(N)c1cccc(Cl)c1Cl. The van der Waals surface area contributed by atoms with Crippen LogP contribution in [0.5, 0.6) is 0 Å². The fourth-order valence-corrected chi connectivity index (χ4v) is 3.38. The molecule has 1 aromatic rings. The molecule has 0 aromatic heterocycles. The Bertz CT molecular complexity index is 436. The van der Waals surface area contributed by atoms with E-state index in [1.54, 1.807) is 6.07 Å². The van der Waals surface area contributed by atoms with E-state index in [-0.39, 0.29) is 6.04 Å². The van der Waals surface area contributed by atoms with Gasteiger partial charge in [-0.1, -0.05) is 48.2 Å². The van der Waals surface area contributed by atoms with Gasteiger partial charge in [-0.05, 0) is 44.4 Å². The van der Waals surface area contributed by atoms with Crippen LogP contribution >= 0.6 is 23.2 Å². The first-order valence-corrected chi connectivity index (χ1v) is 8.28. The molecule has 0 amide bonds. The summed E-state index contributed by atoms with van der Waals surface area (Å²) in [5.41, 5.74) is 7.26. The molecule has 1 fully saturated rings. The van der Waals surface area contributed by atoms with Crippen LogP contribution in [0.4, 0.5) is 0 Å². The molecular weight excluding hydrogens is 291 g/mol. The highest BCUT2D eigenvalue weighted by Gasteiger charge is 2.19. The molecular formula is C16H24Cl2N2. The van der Waals surface area contributed by atoms with Crippen LogP contribution in [-0.2, 0) is 0 Å². The summed E-state index contributed by atoms with van der Waals surface area (Å²) in [4.78, 5) is 2.56. The van der Waals surface area contributed by atoms with Gasteiger partial charge in [0.1, 0.15) is 0 Å². The Morgan fingerprint density at radius 1 is 1.30 bits per heavy atom. The quantitative estimate of drug-likeness (QED) is 0.876. The van der Waals surface area contributed by atoms with Crippen molar-refractivity contribution in [2.24, 2.45) is 5.73 Å². The largest absolute Gasteiger partial charge is 0.324 e. The predicted molar refractivity (Wildman–Crippen MR) is 87.5 cm³/mol. The first-order chi connectivity index (χ1) is 9.59. The first kappa shape index (κ1) is 16.1. The number of halogens is 2. The Kier molecular flexibility index (Phi) is 6.16. The van der Waals surface area contributed by atoms with Crippen molar-refractivity contribution in [3.05, 3.63) is 33.8 Å². The van der Waals surface area contributed by atoms with E-state index < -0.39 is 0 Å². The molecule has 1 aliphatic rings. The van der Waals surface area contributed by atoms with Gasteiger partial charge >= 0.3 is 0 Å². The van der Waals surface area contributed by atoms with Crippen LogP contribution in [0.1, 0.15) is 50.6 Å². The normalized spacial score (nSPS) is 22.5. The fraction of sp³-hybridized carbons (Fsp3) is 0.625. The van der Waals surface area contributed by atoms with E-state index in [2.05, 4.69) is 11.8 Å². The van der Waals surface area contributed by atoms with Crippen molar-refractivity contribution in [3.8, 4) is 0 Å². The third kappa shape index (κ3) is 4.11. The molecule has 4 heteroatoms. The van der Waals surface area contributed by atoms with E-state index in [1.165, 1.54) is 32.2 Å². The molecule has 0 radical (unpaired) electrons. The molecule has 0 saturated carbocycles. The minimum atomic E-state index is -0.0448. The van der Waals surface area contributed by atoms with Gasteiger partial charge in [0.05, 0.1) is 10.0 Å². The maximum Gasteiger partial charge on any atom is 0.0640 e. The minimum Gasteiger partial charge on any atom is -0.324 e. The van der Waals surface area contributed by atoms with Gasteiger partial charge in [-0.25, -0.2) is 0 Å². The van der Waals surface area contributed by atoms with Gasteiger partial charge in [0.2, 0.25) is 0 Å². The highest BCUT2D eigenvalue weighted by molar-refractivity contribution is 6.42. The molecule has 1 saturated heterocycles. The monoisotopic (exact) mass is 314 g/mol. The molecule has 2 rings (SSSR count). The smallest absolute Gasteiger partial charge is 0.0640 e. The number of hydrogen-bond donors (Lipinski definition) is 1. The lowest BCUT2D eigenvalue weighted by Crippen LogP contribution is -2.34. The van der Waals surface area contributed by atoms with E-state index in [0.29, 0.717) is 16.1 Å². The van der Waals surface area contributed by atoms with Gasteiger partial charge in [0.25, 0.3) is 0 Å². The minimum absolute atomic E-state index is 0.0448. The second-order valence-electron chi connectivity index (χ2n) is 5.77. The molecule has 2 nitrogen and oxygen atoms in total. The molecule has 2 N–H and O–H groups in total. The summed E-state index contributed by atoms with van der Waals surface area (Å²) in [6, 6.07) is 6.32. The summed E-state index contributed by atoms with van der Waals surface area (Å²) in [6.07, 6.45) is 6.23. The average molecular weight is 315 g/mol. The Morgan fingerprint density at radius 3 is 2.90 bits per heavy atom. The van der Waals surface area contributed by atoms with Crippen molar-refractivity contribution in [1.29, 1.82) is 0 Å². The molecule has 112 valence electrons. The van der Waals surface area contributed by atoms with Crippen molar-refractivity contribution >= 4 is 23.2 Å². The van der Waals surface area contributed by atoms with Gasteiger partial charge < -0.3 is 10.6 Å². The number of rotatable bonds is 4. The van der Waals surface area contributed by atoms with E-state index >= 15 is 0 Å². The van der Waals surface area contributed by atoms with Crippen LogP contribution in [-0.4, -0.2) is 24.0 Å². The van der Waals surface area contributed by atoms with Crippen molar-refractivity contribution in [2.75, 3.05) is 13.1 Å². The lowest BCUT2D eigenvalue weighted by atomic mass is 10.0. The summed E-state index contributed by atoms with van der Waals surface area (Å²) in [7, 11) is 0. The van der Waals surface area contributed by atoms with Gasteiger partial charge in [0.15, 0.2) is 0 Å². The van der Waals surface area contributed by atoms with Gasteiger partial charge in [0, 0.05) is 18.6 Å². The summed E-state index contributed by atoms with van der Waals surface area (Å²) in [5, 5.41) is 1.19. The van der Waals surface area contributed by atoms with Crippen molar-refractivity contribution in [2.45, 2.75) is 51.1 Å². The summed E-state index contributed by atoms with van der Waals surface area (Å²) >= 11 is 12.3. The number of likely N-dealkylation sites (tertiary alicyclic amines) is 1. The molecule has 2 atom stereocenters. The molecule has 20 heavy (non-hydrogen) atoms. The highest BCUT2D eigenvalue weighted by Crippen LogP contribution is 2.30. The molecule has 0 aliphatic carbocycles. The molecule has 2 unspecified atom stereocenters. The zero-order valence-electron chi connectivity index (χ0n) is 12.1. The molecule has 1 heterocycles. The molecule has 0 bridgehead atoms. The van der Waals surface area contributed by atoms with Crippen LogP contribution in [0.25, 0.3) is 0 Å². The first-order valence-electron chi connectivity index (χ1n) is 7.53. The second kappa shape index (κ2) is 7.65. The Morgan fingerprint density at radius 2 is 2.10 bits per heavy atom. The lowest BCUT2D eigenvalue weighted by Gasteiger charge is -2.28.